The van der Waals surface area contributed by atoms with Gasteiger partial charge in [0.05, 0.1) is 6.04 Å². The van der Waals surface area contributed by atoms with E-state index in [4.69, 9.17) is 0 Å². The van der Waals surface area contributed by atoms with E-state index in [2.05, 4.69) is 20.8 Å². The Balaban J connectivity index is 2.36. The minimum Gasteiger partial charge on any atom is -0.356 e. The molecule has 1 aromatic rings. The Morgan fingerprint density at radius 3 is 2.65 bits per heavy atom. The summed E-state index contributed by atoms with van der Waals surface area (Å²) in [5, 5.41) is 14.4. The van der Waals surface area contributed by atoms with Crippen LogP contribution in [0, 0.1) is 5.92 Å². The predicted octanol–water partition coefficient (Wildman–Crippen LogP) is 0.959. The molecule has 0 saturated carbocycles. The quantitative estimate of drug-likeness (QED) is 0.802. The average Bonchev–Trinajstić information content (AvgIpc) is 2.64. The normalized spacial score (nSPS) is 11.2. The number of carbonyl (C=O) groups excluding carboxylic acids is 1. The molecule has 1 heterocycles. The van der Waals surface area contributed by atoms with Crippen LogP contribution in [-0.4, -0.2) is 32.7 Å². The maximum absolute atomic E-state index is 11.4. The minimum absolute atomic E-state index is 0.0866. The van der Waals surface area contributed by atoms with Crippen LogP contribution in [0.4, 0.5) is 0 Å². The molecule has 0 unspecified atom stereocenters. The lowest BCUT2D eigenvalue weighted by Crippen LogP contribution is -2.27. The summed E-state index contributed by atoms with van der Waals surface area (Å²) in [7, 11) is 0. The van der Waals surface area contributed by atoms with Crippen molar-refractivity contribution in [3.63, 3.8) is 0 Å². The molecule has 1 aromatic heterocycles. The lowest BCUT2D eigenvalue weighted by molar-refractivity contribution is -0.121. The number of nitrogens with one attached hydrogen (secondary N) is 1. The van der Waals surface area contributed by atoms with Gasteiger partial charge in [0.25, 0.3) is 0 Å². The maximum Gasteiger partial charge on any atom is 0.220 e. The predicted molar refractivity (Wildman–Crippen MR) is 64.4 cm³/mol. The van der Waals surface area contributed by atoms with Gasteiger partial charge in [0.2, 0.25) is 5.91 Å². The summed E-state index contributed by atoms with van der Waals surface area (Å²) in [5.41, 5.74) is 0. The van der Waals surface area contributed by atoms with Crippen LogP contribution in [0.1, 0.15) is 46.0 Å². The highest BCUT2D eigenvalue weighted by molar-refractivity contribution is 5.75. The average molecular weight is 239 g/mol. The van der Waals surface area contributed by atoms with Gasteiger partial charge in [-0.3, -0.25) is 4.79 Å². The molecule has 0 fully saturated rings. The molecular weight excluding hydrogens is 218 g/mol. The molecule has 1 N–H and O–H groups in total. The third kappa shape index (κ3) is 4.50. The van der Waals surface area contributed by atoms with E-state index in [9.17, 15) is 4.79 Å². The highest BCUT2D eigenvalue weighted by atomic mass is 16.1. The van der Waals surface area contributed by atoms with Gasteiger partial charge in [-0.25, -0.2) is 4.68 Å². The van der Waals surface area contributed by atoms with Crippen molar-refractivity contribution < 1.29 is 4.79 Å². The molecule has 0 aliphatic heterocycles. The van der Waals surface area contributed by atoms with Crippen molar-refractivity contribution in [1.29, 1.82) is 0 Å². The van der Waals surface area contributed by atoms with Gasteiger partial charge in [0.1, 0.15) is 0 Å². The first-order valence-electron chi connectivity index (χ1n) is 6.04. The number of hydrogen-bond acceptors (Lipinski definition) is 4. The number of amides is 1. The molecule has 0 aliphatic rings. The Morgan fingerprint density at radius 1 is 1.35 bits per heavy atom. The summed E-state index contributed by atoms with van der Waals surface area (Å²) in [6.07, 6.45) is 1.23. The van der Waals surface area contributed by atoms with Crippen molar-refractivity contribution in [2.75, 3.05) is 6.54 Å². The molecule has 17 heavy (non-hydrogen) atoms. The maximum atomic E-state index is 11.4. The van der Waals surface area contributed by atoms with Gasteiger partial charge in [0, 0.05) is 19.4 Å². The minimum atomic E-state index is 0.0866. The molecule has 6 nitrogen and oxygen atoms in total. The van der Waals surface area contributed by atoms with Crippen molar-refractivity contribution in [2.45, 2.75) is 46.6 Å². The Morgan fingerprint density at radius 2 is 2.06 bits per heavy atom. The van der Waals surface area contributed by atoms with E-state index in [1.807, 2.05) is 27.7 Å². The van der Waals surface area contributed by atoms with Crippen molar-refractivity contribution in [3.05, 3.63) is 5.82 Å². The Bertz CT molecular complexity index is 358. The van der Waals surface area contributed by atoms with Crippen LogP contribution in [0.5, 0.6) is 0 Å². The topological polar surface area (TPSA) is 72.7 Å². The van der Waals surface area contributed by atoms with E-state index in [1.165, 1.54) is 0 Å². The number of tetrazole rings is 1. The Kier molecular flexibility index (Phi) is 5.06. The van der Waals surface area contributed by atoms with Gasteiger partial charge < -0.3 is 5.32 Å². The first-order chi connectivity index (χ1) is 8.00. The molecule has 0 radical (unpaired) electrons. The molecule has 96 valence electrons. The number of nitrogens with zero attached hydrogens (tertiary/aromatic N) is 4. The summed E-state index contributed by atoms with van der Waals surface area (Å²) in [6.45, 7) is 8.69. The molecule has 0 saturated heterocycles. The van der Waals surface area contributed by atoms with Gasteiger partial charge in [-0.15, -0.1) is 5.10 Å². The monoisotopic (exact) mass is 239 g/mol. The second-order valence-corrected chi connectivity index (χ2v) is 4.83. The zero-order chi connectivity index (χ0) is 12.8. The van der Waals surface area contributed by atoms with Crippen molar-refractivity contribution in [1.82, 2.24) is 25.5 Å². The molecule has 6 heteroatoms. The van der Waals surface area contributed by atoms with Crippen molar-refractivity contribution >= 4 is 5.91 Å². The van der Waals surface area contributed by atoms with Gasteiger partial charge >= 0.3 is 0 Å². The molecule has 0 aromatic carbocycles. The van der Waals surface area contributed by atoms with Crippen LogP contribution >= 0.6 is 0 Å². The van der Waals surface area contributed by atoms with Crippen LogP contribution < -0.4 is 5.32 Å². The molecule has 0 aliphatic carbocycles. The van der Waals surface area contributed by atoms with Crippen LogP contribution in [0.15, 0.2) is 0 Å². The second-order valence-electron chi connectivity index (χ2n) is 4.83. The van der Waals surface area contributed by atoms with Crippen molar-refractivity contribution in [2.24, 2.45) is 5.92 Å². The number of hydrogen-bond donors (Lipinski definition) is 1. The Hall–Kier alpha value is -1.46. The summed E-state index contributed by atoms with van der Waals surface area (Å²) in [5.74, 6) is 1.28. The highest BCUT2D eigenvalue weighted by Gasteiger charge is 2.09. The first-order valence-corrected chi connectivity index (χ1v) is 6.04. The fourth-order valence-electron chi connectivity index (χ4n) is 1.53. The van der Waals surface area contributed by atoms with Crippen LogP contribution in [0.3, 0.4) is 0 Å². The smallest absolute Gasteiger partial charge is 0.220 e. The lowest BCUT2D eigenvalue weighted by Gasteiger charge is -2.09. The molecule has 0 spiro atoms. The third-order valence-corrected chi connectivity index (χ3v) is 2.31. The fraction of sp³-hybridized carbons (Fsp3) is 0.818. The molecule has 0 bridgehead atoms. The van der Waals surface area contributed by atoms with Gasteiger partial charge in [-0.1, -0.05) is 13.8 Å². The molecule has 1 rings (SSSR count). The fourth-order valence-corrected chi connectivity index (χ4v) is 1.53. The van der Waals surface area contributed by atoms with Crippen molar-refractivity contribution in [3.8, 4) is 0 Å². The molecular formula is C11H21N5O. The summed E-state index contributed by atoms with van der Waals surface area (Å²) >= 11 is 0. The van der Waals surface area contributed by atoms with Crippen LogP contribution in [0.25, 0.3) is 0 Å². The van der Waals surface area contributed by atoms with E-state index in [-0.39, 0.29) is 11.9 Å². The summed E-state index contributed by atoms with van der Waals surface area (Å²) in [4.78, 5) is 11.4. The number of aromatic nitrogens is 4. The molecule has 0 atom stereocenters. The van der Waals surface area contributed by atoms with E-state index in [1.54, 1.807) is 4.68 Å². The summed E-state index contributed by atoms with van der Waals surface area (Å²) < 4.78 is 1.77. The van der Waals surface area contributed by atoms with E-state index in [0.29, 0.717) is 25.3 Å². The van der Waals surface area contributed by atoms with E-state index in [0.717, 1.165) is 5.82 Å². The highest BCUT2D eigenvalue weighted by Crippen LogP contribution is 2.04. The van der Waals surface area contributed by atoms with Crippen LogP contribution in [-0.2, 0) is 11.2 Å². The summed E-state index contributed by atoms with van der Waals surface area (Å²) in [6, 6.07) is 0.242. The second kappa shape index (κ2) is 6.32. The zero-order valence-corrected chi connectivity index (χ0v) is 11.0. The number of rotatable bonds is 6. The first kappa shape index (κ1) is 13.6. The zero-order valence-electron chi connectivity index (χ0n) is 11.0. The van der Waals surface area contributed by atoms with Gasteiger partial charge in [-0.05, 0) is 30.2 Å². The van der Waals surface area contributed by atoms with E-state index >= 15 is 0 Å². The Labute approximate surface area is 102 Å². The largest absolute Gasteiger partial charge is 0.356 e. The van der Waals surface area contributed by atoms with Crippen LogP contribution in [0.2, 0.25) is 0 Å². The SMILES string of the molecule is CC(C)CC(=O)NCCc1nnnn1C(C)C. The van der Waals surface area contributed by atoms with Gasteiger partial charge in [-0.2, -0.15) is 0 Å². The number of carbonyl (C=O) groups is 1. The van der Waals surface area contributed by atoms with E-state index < -0.39 is 0 Å². The lowest BCUT2D eigenvalue weighted by atomic mass is 10.1. The van der Waals surface area contributed by atoms with Gasteiger partial charge in [0.15, 0.2) is 5.82 Å². The standard InChI is InChI=1S/C11H21N5O/c1-8(2)7-11(17)12-6-5-10-13-14-15-16(10)9(3)4/h8-9H,5-7H2,1-4H3,(H,12,17). The molecule has 1 amide bonds. The third-order valence-electron chi connectivity index (χ3n) is 2.31.